The molecule has 2 atom stereocenters. The maximum absolute atomic E-state index is 12.8. The molecule has 3 rings (SSSR count). The van der Waals surface area contributed by atoms with Gasteiger partial charge in [0.1, 0.15) is 5.75 Å². The molecule has 0 aromatic heterocycles. The second-order valence-corrected chi connectivity index (χ2v) is 7.18. The molecule has 1 aromatic carbocycles. The first-order valence-electron chi connectivity index (χ1n) is 9.00. The van der Waals surface area contributed by atoms with Crippen LogP contribution in [0.5, 0.6) is 5.75 Å². The smallest absolute Gasteiger partial charge is 0.251 e. The lowest BCUT2D eigenvalue weighted by Gasteiger charge is -2.43. The van der Waals surface area contributed by atoms with E-state index in [0.29, 0.717) is 28.8 Å². The van der Waals surface area contributed by atoms with Gasteiger partial charge in [-0.3, -0.25) is 9.59 Å². The minimum absolute atomic E-state index is 0.00356. The van der Waals surface area contributed by atoms with Gasteiger partial charge in [-0.2, -0.15) is 0 Å². The van der Waals surface area contributed by atoms with Crippen molar-refractivity contribution in [2.45, 2.75) is 38.1 Å². The van der Waals surface area contributed by atoms with Crippen molar-refractivity contribution in [2.75, 3.05) is 19.5 Å². The van der Waals surface area contributed by atoms with Crippen LogP contribution in [0.2, 0.25) is 0 Å². The summed E-state index contributed by atoms with van der Waals surface area (Å²) in [6.07, 6.45) is 5.16. The molecule has 0 aliphatic heterocycles. The number of anilines is 1. The van der Waals surface area contributed by atoms with Crippen LogP contribution in [0.15, 0.2) is 18.2 Å². The van der Waals surface area contributed by atoms with Crippen LogP contribution >= 0.6 is 0 Å². The van der Waals surface area contributed by atoms with E-state index in [1.54, 1.807) is 32.4 Å². The van der Waals surface area contributed by atoms with E-state index in [4.69, 9.17) is 10.5 Å². The molecule has 6 heteroatoms. The Hall–Kier alpha value is -2.08. The van der Waals surface area contributed by atoms with Crippen molar-refractivity contribution >= 4 is 17.5 Å². The number of hydrogen-bond donors (Lipinski definition) is 3. The Bertz CT molecular complexity index is 647. The summed E-state index contributed by atoms with van der Waals surface area (Å²) in [5, 5.41) is 5.56. The molecule has 0 radical (unpaired) electrons. The van der Waals surface area contributed by atoms with Gasteiger partial charge >= 0.3 is 0 Å². The SMILES string of the molecule is CNC(=O)c1ccc(OC)c(NC(=O)C2CC3CCCC(C2)C3N)c1. The van der Waals surface area contributed by atoms with Crippen LogP contribution in [-0.2, 0) is 4.79 Å². The van der Waals surface area contributed by atoms with E-state index >= 15 is 0 Å². The van der Waals surface area contributed by atoms with E-state index in [0.717, 1.165) is 25.7 Å². The predicted molar refractivity (Wildman–Crippen MR) is 96.5 cm³/mol. The van der Waals surface area contributed by atoms with Gasteiger partial charge in [0.25, 0.3) is 5.91 Å². The van der Waals surface area contributed by atoms with Gasteiger partial charge in [-0.1, -0.05) is 6.42 Å². The summed E-state index contributed by atoms with van der Waals surface area (Å²) in [4.78, 5) is 24.7. The molecule has 136 valence electrons. The fraction of sp³-hybridized carbons (Fsp3) is 0.579. The summed E-state index contributed by atoms with van der Waals surface area (Å²) in [5.74, 6) is 1.22. The van der Waals surface area contributed by atoms with Crippen molar-refractivity contribution in [3.63, 3.8) is 0 Å². The van der Waals surface area contributed by atoms with Gasteiger partial charge in [0.2, 0.25) is 5.91 Å². The van der Waals surface area contributed by atoms with E-state index in [-0.39, 0.29) is 23.8 Å². The van der Waals surface area contributed by atoms with Crippen LogP contribution in [-0.4, -0.2) is 32.0 Å². The Morgan fingerprint density at radius 2 is 1.88 bits per heavy atom. The third-order valence-corrected chi connectivity index (χ3v) is 5.73. The number of carbonyl (C=O) groups is 2. The molecule has 0 spiro atoms. The van der Waals surface area contributed by atoms with E-state index in [2.05, 4.69) is 10.6 Å². The maximum Gasteiger partial charge on any atom is 0.251 e. The summed E-state index contributed by atoms with van der Waals surface area (Å²) in [6, 6.07) is 5.28. The second-order valence-electron chi connectivity index (χ2n) is 7.18. The number of nitrogens with one attached hydrogen (secondary N) is 2. The highest BCUT2D eigenvalue weighted by Crippen LogP contribution is 2.42. The highest BCUT2D eigenvalue weighted by atomic mass is 16.5. The lowest BCUT2D eigenvalue weighted by Crippen LogP contribution is -2.48. The molecule has 2 bridgehead atoms. The van der Waals surface area contributed by atoms with Crippen LogP contribution in [0.25, 0.3) is 0 Å². The largest absolute Gasteiger partial charge is 0.495 e. The minimum Gasteiger partial charge on any atom is -0.495 e. The van der Waals surface area contributed by atoms with Gasteiger partial charge in [0.05, 0.1) is 12.8 Å². The third-order valence-electron chi connectivity index (χ3n) is 5.73. The lowest BCUT2D eigenvalue weighted by atomic mass is 9.65. The number of ether oxygens (including phenoxy) is 1. The van der Waals surface area contributed by atoms with Gasteiger partial charge in [0.15, 0.2) is 0 Å². The van der Waals surface area contributed by atoms with E-state index in [1.807, 2.05) is 0 Å². The highest BCUT2D eigenvalue weighted by Gasteiger charge is 2.40. The molecule has 2 aliphatic carbocycles. The molecular weight excluding hydrogens is 318 g/mol. The number of methoxy groups -OCH3 is 1. The zero-order chi connectivity index (χ0) is 18.0. The third kappa shape index (κ3) is 3.63. The molecule has 2 saturated carbocycles. The maximum atomic E-state index is 12.8. The van der Waals surface area contributed by atoms with E-state index < -0.39 is 0 Å². The zero-order valence-electron chi connectivity index (χ0n) is 14.9. The quantitative estimate of drug-likeness (QED) is 0.779. The zero-order valence-corrected chi connectivity index (χ0v) is 14.9. The molecule has 0 heterocycles. The van der Waals surface area contributed by atoms with E-state index in [1.165, 1.54) is 6.42 Å². The average molecular weight is 345 g/mol. The lowest BCUT2D eigenvalue weighted by molar-refractivity contribution is -0.122. The summed E-state index contributed by atoms with van der Waals surface area (Å²) in [7, 11) is 3.13. The Labute approximate surface area is 148 Å². The predicted octanol–water partition coefficient (Wildman–Crippen LogP) is 2.15. The molecule has 1 aromatic rings. The Morgan fingerprint density at radius 1 is 1.20 bits per heavy atom. The van der Waals surface area contributed by atoms with Crippen LogP contribution in [0.3, 0.4) is 0 Å². The first-order valence-corrected chi connectivity index (χ1v) is 9.00. The van der Waals surface area contributed by atoms with Gasteiger partial charge < -0.3 is 21.1 Å². The summed E-state index contributed by atoms with van der Waals surface area (Å²) >= 11 is 0. The molecule has 25 heavy (non-hydrogen) atoms. The standard InChI is InChI=1S/C19H27N3O3/c1-21-18(23)13-6-7-16(25-2)15(10-13)22-19(24)14-8-11-4-3-5-12(9-14)17(11)20/h6-7,10-12,14,17H,3-5,8-9,20H2,1-2H3,(H,21,23)(H,22,24). The topological polar surface area (TPSA) is 93.5 Å². The summed E-state index contributed by atoms with van der Waals surface area (Å²) in [5.41, 5.74) is 7.34. The second kappa shape index (κ2) is 7.44. The van der Waals surface area contributed by atoms with Crippen molar-refractivity contribution in [3.8, 4) is 5.75 Å². The molecular formula is C19H27N3O3. The van der Waals surface area contributed by atoms with Crippen LogP contribution in [0, 0.1) is 17.8 Å². The molecule has 0 saturated heterocycles. The normalized spacial score (nSPS) is 28.1. The number of fused-ring (bicyclic) bond motifs is 2. The number of hydrogen-bond acceptors (Lipinski definition) is 4. The van der Waals surface area contributed by atoms with E-state index in [9.17, 15) is 9.59 Å². The Kier molecular flexibility index (Phi) is 5.27. The number of carbonyl (C=O) groups excluding carboxylic acids is 2. The Balaban J connectivity index is 1.75. The van der Waals surface area contributed by atoms with Crippen LogP contribution < -0.4 is 21.1 Å². The Morgan fingerprint density at radius 3 is 2.48 bits per heavy atom. The fourth-order valence-electron chi connectivity index (χ4n) is 4.33. The molecule has 2 unspecified atom stereocenters. The van der Waals surface area contributed by atoms with Crippen LogP contribution in [0.4, 0.5) is 5.69 Å². The van der Waals surface area contributed by atoms with Crippen molar-refractivity contribution < 1.29 is 14.3 Å². The summed E-state index contributed by atoms with van der Waals surface area (Å²) < 4.78 is 5.33. The highest BCUT2D eigenvalue weighted by molar-refractivity contribution is 5.98. The van der Waals surface area contributed by atoms with Gasteiger partial charge in [-0.15, -0.1) is 0 Å². The monoisotopic (exact) mass is 345 g/mol. The first kappa shape index (κ1) is 17.7. The van der Waals surface area contributed by atoms with Crippen molar-refractivity contribution in [2.24, 2.45) is 23.5 Å². The van der Waals surface area contributed by atoms with Gasteiger partial charge in [-0.25, -0.2) is 0 Å². The van der Waals surface area contributed by atoms with Gasteiger partial charge in [0, 0.05) is 24.6 Å². The number of nitrogens with two attached hydrogens (primary N) is 1. The van der Waals surface area contributed by atoms with Gasteiger partial charge in [-0.05, 0) is 55.7 Å². The van der Waals surface area contributed by atoms with Crippen molar-refractivity contribution in [1.29, 1.82) is 0 Å². The number of rotatable bonds is 4. The van der Waals surface area contributed by atoms with Crippen molar-refractivity contribution in [3.05, 3.63) is 23.8 Å². The van der Waals surface area contributed by atoms with Crippen molar-refractivity contribution in [1.82, 2.24) is 5.32 Å². The number of benzene rings is 1. The molecule has 2 aliphatic rings. The fourth-order valence-corrected chi connectivity index (χ4v) is 4.33. The molecule has 6 nitrogen and oxygen atoms in total. The first-order chi connectivity index (χ1) is 12.0. The average Bonchev–Trinajstić information content (AvgIpc) is 2.60. The molecule has 2 fully saturated rings. The van der Waals surface area contributed by atoms with Crippen LogP contribution in [0.1, 0.15) is 42.5 Å². The minimum atomic E-state index is -0.198. The number of amides is 2. The summed E-state index contributed by atoms with van der Waals surface area (Å²) in [6.45, 7) is 0. The molecule has 2 amide bonds. The molecule has 4 N–H and O–H groups in total.